The van der Waals surface area contributed by atoms with Crippen LogP contribution in [0.2, 0.25) is 5.02 Å². The average molecular weight is 513 g/mol. The highest BCUT2D eigenvalue weighted by Crippen LogP contribution is 2.37. The molecule has 190 valence electrons. The van der Waals surface area contributed by atoms with Gasteiger partial charge in [0.05, 0.1) is 39.7 Å². The van der Waals surface area contributed by atoms with E-state index in [0.717, 1.165) is 5.56 Å². The Hall–Kier alpha value is -3.46. The molecule has 0 fully saturated rings. The first-order valence-electron chi connectivity index (χ1n) is 11.6. The summed E-state index contributed by atoms with van der Waals surface area (Å²) < 4.78 is 28.8. The number of methoxy groups -OCH3 is 2. The average Bonchev–Trinajstić information content (AvgIpc) is 2.88. The highest BCUT2D eigenvalue weighted by Gasteiger charge is 2.19. The lowest BCUT2D eigenvalue weighted by Gasteiger charge is -2.23. The van der Waals surface area contributed by atoms with E-state index >= 15 is 0 Å². The molecule has 3 aromatic carbocycles. The van der Waals surface area contributed by atoms with Crippen molar-refractivity contribution in [1.29, 1.82) is 0 Å². The second kappa shape index (κ2) is 12.5. The van der Waals surface area contributed by atoms with Gasteiger partial charge in [0.2, 0.25) is 5.91 Å². The number of benzene rings is 3. The standard InChI is InChI=1S/C27H29ClN2O6/c1-32-25-9-5-6-19(27(25)33-2)17-30-12-13-34-14-15-35-23-7-3-4-8-24(23)36-22-11-10-20(28)16-21(22)29-26(31)18-30/h3-11,16H,12-15,17-18H2,1-2H3,(H,29,31). The van der Waals surface area contributed by atoms with Gasteiger partial charge >= 0.3 is 0 Å². The third-order valence-corrected chi connectivity index (χ3v) is 5.80. The van der Waals surface area contributed by atoms with Gasteiger partial charge in [0, 0.05) is 23.7 Å². The number of amides is 1. The van der Waals surface area contributed by atoms with E-state index in [4.69, 9.17) is 35.3 Å². The van der Waals surface area contributed by atoms with Crippen LogP contribution in [0.5, 0.6) is 28.7 Å². The van der Waals surface area contributed by atoms with E-state index in [1.807, 2.05) is 41.3 Å². The van der Waals surface area contributed by atoms with Gasteiger partial charge < -0.3 is 29.0 Å². The van der Waals surface area contributed by atoms with Crippen molar-refractivity contribution < 1.29 is 28.5 Å². The van der Waals surface area contributed by atoms with Crippen molar-refractivity contribution in [2.45, 2.75) is 6.54 Å². The zero-order chi connectivity index (χ0) is 25.3. The molecule has 1 heterocycles. The van der Waals surface area contributed by atoms with E-state index in [-0.39, 0.29) is 12.5 Å². The van der Waals surface area contributed by atoms with Crippen LogP contribution in [-0.4, -0.2) is 57.9 Å². The van der Waals surface area contributed by atoms with Crippen molar-refractivity contribution in [2.75, 3.05) is 52.4 Å². The fraction of sp³-hybridized carbons (Fsp3) is 0.296. The lowest BCUT2D eigenvalue weighted by atomic mass is 10.1. The maximum Gasteiger partial charge on any atom is 0.238 e. The number of carbonyl (C=O) groups is 1. The summed E-state index contributed by atoms with van der Waals surface area (Å²) in [6.45, 7) is 2.26. The Morgan fingerprint density at radius 1 is 0.944 bits per heavy atom. The molecule has 0 aliphatic carbocycles. The molecule has 0 radical (unpaired) electrons. The van der Waals surface area contributed by atoms with Gasteiger partial charge in [-0.25, -0.2) is 0 Å². The molecule has 0 saturated carbocycles. The van der Waals surface area contributed by atoms with Crippen LogP contribution < -0.4 is 24.3 Å². The highest BCUT2D eigenvalue weighted by atomic mass is 35.5. The van der Waals surface area contributed by atoms with Crippen LogP contribution in [0.25, 0.3) is 0 Å². The summed E-state index contributed by atoms with van der Waals surface area (Å²) in [6, 6.07) is 18.1. The molecule has 0 saturated heterocycles. The van der Waals surface area contributed by atoms with Crippen LogP contribution in [0.4, 0.5) is 5.69 Å². The zero-order valence-electron chi connectivity index (χ0n) is 20.3. The van der Waals surface area contributed by atoms with Gasteiger partial charge in [-0.05, 0) is 36.4 Å². The summed E-state index contributed by atoms with van der Waals surface area (Å²) in [5, 5.41) is 3.42. The molecule has 0 atom stereocenters. The van der Waals surface area contributed by atoms with Crippen LogP contribution in [0.1, 0.15) is 5.56 Å². The fourth-order valence-corrected chi connectivity index (χ4v) is 4.07. The number of carbonyl (C=O) groups excluding carboxylic acids is 1. The number of anilines is 1. The third-order valence-electron chi connectivity index (χ3n) is 5.57. The Morgan fingerprint density at radius 2 is 1.78 bits per heavy atom. The molecule has 4 rings (SSSR count). The maximum absolute atomic E-state index is 13.1. The first-order chi connectivity index (χ1) is 17.6. The van der Waals surface area contributed by atoms with Crippen molar-refractivity contribution in [2.24, 2.45) is 0 Å². The molecular formula is C27H29ClN2O6. The van der Waals surface area contributed by atoms with Crippen LogP contribution in [0, 0.1) is 0 Å². The Balaban J connectivity index is 1.59. The minimum absolute atomic E-state index is 0.114. The van der Waals surface area contributed by atoms with Crippen molar-refractivity contribution in [3.8, 4) is 28.7 Å². The number of hydrogen-bond donors (Lipinski definition) is 1. The number of rotatable bonds is 4. The summed E-state index contributed by atoms with van der Waals surface area (Å²) in [5.74, 6) is 2.60. The predicted octanol–water partition coefficient (Wildman–Crippen LogP) is 5.00. The number of nitrogens with zero attached hydrogens (tertiary/aromatic N) is 1. The molecule has 0 unspecified atom stereocenters. The summed E-state index contributed by atoms with van der Waals surface area (Å²) in [4.78, 5) is 15.1. The number of fused-ring (bicyclic) bond motifs is 2. The summed E-state index contributed by atoms with van der Waals surface area (Å²) in [5.41, 5.74) is 1.36. The Morgan fingerprint density at radius 3 is 2.58 bits per heavy atom. The normalized spacial score (nSPS) is 15.1. The Kier molecular flexibility index (Phi) is 8.89. The van der Waals surface area contributed by atoms with Gasteiger partial charge in [0.15, 0.2) is 28.7 Å². The van der Waals surface area contributed by atoms with Gasteiger partial charge in [-0.1, -0.05) is 35.9 Å². The number of nitrogens with one attached hydrogen (secondary N) is 1. The summed E-state index contributed by atoms with van der Waals surface area (Å²) in [7, 11) is 3.19. The van der Waals surface area contributed by atoms with E-state index in [0.29, 0.717) is 72.4 Å². The minimum atomic E-state index is -0.219. The SMILES string of the molecule is COc1cccc(CN2CCOCCOc3ccccc3Oc3ccc(Cl)cc3NC(=O)C2)c1OC. The van der Waals surface area contributed by atoms with Crippen molar-refractivity contribution in [1.82, 2.24) is 4.90 Å². The zero-order valence-corrected chi connectivity index (χ0v) is 21.0. The van der Waals surface area contributed by atoms with Crippen LogP contribution in [-0.2, 0) is 16.1 Å². The topological polar surface area (TPSA) is 78.5 Å². The quantitative estimate of drug-likeness (QED) is 0.527. The first kappa shape index (κ1) is 25.6. The Bertz CT molecular complexity index is 1190. The molecule has 36 heavy (non-hydrogen) atoms. The van der Waals surface area contributed by atoms with Gasteiger partial charge in [0.25, 0.3) is 0 Å². The van der Waals surface area contributed by atoms with Gasteiger partial charge in [-0.3, -0.25) is 9.69 Å². The number of hydrogen-bond acceptors (Lipinski definition) is 7. The molecule has 1 N–H and O–H groups in total. The van der Waals surface area contributed by atoms with Crippen LogP contribution in [0.3, 0.4) is 0 Å². The van der Waals surface area contributed by atoms with Gasteiger partial charge in [0.1, 0.15) is 6.61 Å². The smallest absolute Gasteiger partial charge is 0.238 e. The molecule has 0 bridgehead atoms. The Labute approximate surface area is 215 Å². The van der Waals surface area contributed by atoms with Crippen molar-refractivity contribution >= 4 is 23.2 Å². The second-order valence-electron chi connectivity index (χ2n) is 8.06. The molecule has 1 amide bonds. The molecular weight excluding hydrogens is 484 g/mol. The third kappa shape index (κ3) is 6.60. The van der Waals surface area contributed by atoms with E-state index in [9.17, 15) is 4.79 Å². The summed E-state index contributed by atoms with van der Waals surface area (Å²) in [6.07, 6.45) is 0. The molecule has 9 heteroatoms. The van der Waals surface area contributed by atoms with Crippen molar-refractivity contribution in [3.63, 3.8) is 0 Å². The molecule has 8 nitrogen and oxygen atoms in total. The number of ether oxygens (including phenoxy) is 5. The largest absolute Gasteiger partial charge is 0.493 e. The van der Waals surface area contributed by atoms with Crippen LogP contribution in [0.15, 0.2) is 60.7 Å². The van der Waals surface area contributed by atoms with E-state index in [1.165, 1.54) is 0 Å². The lowest BCUT2D eigenvalue weighted by molar-refractivity contribution is -0.117. The van der Waals surface area contributed by atoms with Crippen molar-refractivity contribution in [3.05, 3.63) is 71.2 Å². The highest BCUT2D eigenvalue weighted by molar-refractivity contribution is 6.31. The van der Waals surface area contributed by atoms with Gasteiger partial charge in [-0.15, -0.1) is 0 Å². The molecule has 1 aliphatic rings. The molecule has 1 aliphatic heterocycles. The molecule has 3 aromatic rings. The van der Waals surface area contributed by atoms with Gasteiger partial charge in [-0.2, -0.15) is 0 Å². The molecule has 0 spiro atoms. The predicted molar refractivity (Wildman–Crippen MR) is 138 cm³/mol. The number of para-hydroxylation sites is 3. The monoisotopic (exact) mass is 512 g/mol. The van der Waals surface area contributed by atoms with E-state index in [1.54, 1.807) is 38.5 Å². The first-order valence-corrected chi connectivity index (χ1v) is 11.9. The maximum atomic E-state index is 13.1. The lowest BCUT2D eigenvalue weighted by Crippen LogP contribution is -2.35. The van der Waals surface area contributed by atoms with E-state index in [2.05, 4.69) is 5.32 Å². The minimum Gasteiger partial charge on any atom is -0.493 e. The fourth-order valence-electron chi connectivity index (χ4n) is 3.89. The van der Waals surface area contributed by atoms with E-state index < -0.39 is 0 Å². The second-order valence-corrected chi connectivity index (χ2v) is 8.50. The molecule has 0 aromatic heterocycles. The summed E-state index contributed by atoms with van der Waals surface area (Å²) >= 11 is 6.23. The number of halogens is 1. The van der Waals surface area contributed by atoms with Crippen LogP contribution >= 0.6 is 11.6 Å².